The monoisotopic (exact) mass is 663 g/mol. The Bertz CT molecular complexity index is 2680. The van der Waals surface area contributed by atoms with Gasteiger partial charge in [-0.05, 0) is 75.8 Å². The first-order valence-electron chi connectivity index (χ1n) is 17.4. The molecule has 2 heterocycles. The molecule has 1 aliphatic heterocycles. The van der Waals surface area contributed by atoms with Gasteiger partial charge in [0.15, 0.2) is 5.82 Å². The molecule has 0 radical (unpaired) electrons. The number of fused-ring (bicyclic) bond motifs is 9. The molecule has 4 heteroatoms. The van der Waals surface area contributed by atoms with Crippen molar-refractivity contribution in [2.45, 2.75) is 5.41 Å². The van der Waals surface area contributed by atoms with E-state index in [4.69, 9.17) is 14.7 Å². The van der Waals surface area contributed by atoms with E-state index in [9.17, 15) is 5.26 Å². The minimum atomic E-state index is -0.569. The number of hydrogen-bond acceptors (Lipinski definition) is 4. The van der Waals surface area contributed by atoms with Crippen LogP contribution in [0.4, 0.5) is 0 Å². The lowest BCUT2D eigenvalue weighted by Gasteiger charge is -2.39. The number of nitrogens with zero attached hydrogens (tertiary/aromatic N) is 3. The number of rotatable bonds is 4. The fourth-order valence-corrected chi connectivity index (χ4v) is 8.07. The fourth-order valence-electron chi connectivity index (χ4n) is 8.07. The van der Waals surface area contributed by atoms with Gasteiger partial charge in [0.25, 0.3) is 0 Å². The van der Waals surface area contributed by atoms with Crippen LogP contribution in [0.3, 0.4) is 0 Å². The molecule has 4 nitrogen and oxygen atoms in total. The van der Waals surface area contributed by atoms with E-state index in [0.29, 0.717) is 11.4 Å². The molecule has 7 aromatic carbocycles. The normalized spacial score (nSPS) is 12.9. The Morgan fingerprint density at radius 2 is 0.981 bits per heavy atom. The second kappa shape index (κ2) is 11.8. The van der Waals surface area contributed by atoms with E-state index in [1.165, 1.54) is 22.3 Å². The van der Waals surface area contributed by atoms with Gasteiger partial charge >= 0.3 is 0 Å². The van der Waals surface area contributed by atoms with Crippen LogP contribution < -0.4 is 4.74 Å². The van der Waals surface area contributed by atoms with Gasteiger partial charge in [0.1, 0.15) is 11.5 Å². The molecule has 0 saturated carbocycles. The van der Waals surface area contributed by atoms with Crippen LogP contribution in [0.25, 0.3) is 56.2 Å². The summed E-state index contributed by atoms with van der Waals surface area (Å²) in [4.78, 5) is 10.4. The molecule has 242 valence electrons. The van der Waals surface area contributed by atoms with Crippen LogP contribution in [0, 0.1) is 11.3 Å². The third kappa shape index (κ3) is 4.54. The summed E-state index contributed by atoms with van der Waals surface area (Å²) < 4.78 is 6.56. The molecule has 0 saturated heterocycles. The summed E-state index contributed by atoms with van der Waals surface area (Å²) in [7, 11) is 0. The van der Waals surface area contributed by atoms with Crippen molar-refractivity contribution in [1.29, 1.82) is 5.26 Å². The van der Waals surface area contributed by atoms with Crippen LogP contribution in [0.15, 0.2) is 176 Å². The van der Waals surface area contributed by atoms with Crippen LogP contribution >= 0.6 is 0 Å². The standard InChI is InChI=1S/C48H29N3O/c49-30-31-21-23-32(24-22-31)34-13-10-14-35(27-34)43-29-44(51-47(50-43)33-11-2-1-3-12-33)36-25-26-38-37-15-4-5-16-39(37)48(42(38)28-36)40-17-6-8-19-45(40)52-46-20-9-7-18-41(46)48/h1-29H. The number of aromatic nitrogens is 2. The van der Waals surface area contributed by atoms with Crippen molar-refractivity contribution < 1.29 is 4.74 Å². The maximum atomic E-state index is 9.32. The maximum absolute atomic E-state index is 9.32. The fraction of sp³-hybridized carbons (Fsp3) is 0.0208. The van der Waals surface area contributed by atoms with Gasteiger partial charge in [-0.2, -0.15) is 5.26 Å². The summed E-state index contributed by atoms with van der Waals surface area (Å²) in [5, 5.41) is 9.32. The molecule has 10 rings (SSSR count). The number of hydrogen-bond donors (Lipinski definition) is 0. The Morgan fingerprint density at radius 3 is 1.69 bits per heavy atom. The first kappa shape index (κ1) is 29.8. The summed E-state index contributed by atoms with van der Waals surface area (Å²) >= 11 is 0. The van der Waals surface area contributed by atoms with Gasteiger partial charge in [0, 0.05) is 27.8 Å². The number of benzene rings is 7. The second-order valence-corrected chi connectivity index (χ2v) is 13.2. The zero-order chi connectivity index (χ0) is 34.6. The van der Waals surface area contributed by atoms with E-state index in [0.717, 1.165) is 61.8 Å². The highest BCUT2D eigenvalue weighted by atomic mass is 16.5. The number of para-hydroxylation sites is 2. The molecule has 0 unspecified atom stereocenters. The summed E-state index contributed by atoms with van der Waals surface area (Å²) in [5.41, 5.74) is 13.9. The van der Waals surface area contributed by atoms with E-state index in [-0.39, 0.29) is 0 Å². The van der Waals surface area contributed by atoms with E-state index < -0.39 is 5.41 Å². The first-order valence-corrected chi connectivity index (χ1v) is 17.4. The molecule has 0 N–H and O–H groups in total. The lowest BCUT2D eigenvalue weighted by molar-refractivity contribution is 0.436. The zero-order valence-corrected chi connectivity index (χ0v) is 28.0. The molecule has 52 heavy (non-hydrogen) atoms. The molecular weight excluding hydrogens is 635 g/mol. The average molecular weight is 664 g/mol. The Labute approximate surface area is 301 Å². The van der Waals surface area contributed by atoms with Crippen LogP contribution in [0.2, 0.25) is 0 Å². The lowest BCUT2D eigenvalue weighted by atomic mass is 9.66. The topological polar surface area (TPSA) is 58.8 Å². The number of ether oxygens (including phenoxy) is 1. The Hall–Kier alpha value is -7.09. The Kier molecular flexibility index (Phi) is 6.74. The van der Waals surface area contributed by atoms with E-state index >= 15 is 0 Å². The largest absolute Gasteiger partial charge is 0.457 e. The molecule has 1 aliphatic carbocycles. The van der Waals surface area contributed by atoms with Gasteiger partial charge in [0.05, 0.1) is 28.4 Å². The average Bonchev–Trinajstić information content (AvgIpc) is 3.51. The summed E-state index contributed by atoms with van der Waals surface area (Å²) in [5.74, 6) is 2.40. The summed E-state index contributed by atoms with van der Waals surface area (Å²) in [6, 6.07) is 63.0. The molecule has 8 aromatic rings. The maximum Gasteiger partial charge on any atom is 0.160 e. The van der Waals surface area contributed by atoms with Crippen LogP contribution in [0.5, 0.6) is 11.5 Å². The van der Waals surface area contributed by atoms with Crippen molar-refractivity contribution in [2.75, 3.05) is 0 Å². The van der Waals surface area contributed by atoms with Crippen molar-refractivity contribution in [2.24, 2.45) is 0 Å². The van der Waals surface area contributed by atoms with Crippen LogP contribution in [0.1, 0.15) is 27.8 Å². The minimum Gasteiger partial charge on any atom is -0.457 e. The number of nitriles is 1. The van der Waals surface area contributed by atoms with E-state index in [2.05, 4.69) is 127 Å². The van der Waals surface area contributed by atoms with Gasteiger partial charge in [-0.1, -0.05) is 133 Å². The predicted octanol–water partition coefficient (Wildman–Crippen LogP) is 11.5. The summed E-state index contributed by atoms with van der Waals surface area (Å²) in [6.45, 7) is 0. The van der Waals surface area contributed by atoms with Crippen molar-refractivity contribution in [3.63, 3.8) is 0 Å². The lowest BCUT2D eigenvalue weighted by Crippen LogP contribution is -2.32. The van der Waals surface area contributed by atoms with Gasteiger partial charge in [-0.3, -0.25) is 0 Å². The third-order valence-corrected chi connectivity index (χ3v) is 10.4. The molecule has 0 amide bonds. The van der Waals surface area contributed by atoms with Gasteiger partial charge in [-0.25, -0.2) is 9.97 Å². The Morgan fingerprint density at radius 1 is 0.423 bits per heavy atom. The van der Waals surface area contributed by atoms with E-state index in [1.54, 1.807) is 0 Å². The van der Waals surface area contributed by atoms with Gasteiger partial charge in [0.2, 0.25) is 0 Å². The van der Waals surface area contributed by atoms with Crippen molar-refractivity contribution >= 4 is 0 Å². The highest BCUT2D eigenvalue weighted by molar-refractivity contribution is 5.90. The SMILES string of the molecule is N#Cc1ccc(-c2cccc(-c3cc(-c4ccc5c(c4)C4(c6ccccc6Oc6ccccc64)c4ccccc4-5)nc(-c4ccccc4)n3)c2)cc1. The molecule has 2 aliphatic rings. The third-order valence-electron chi connectivity index (χ3n) is 10.4. The van der Waals surface area contributed by atoms with Gasteiger partial charge < -0.3 is 4.74 Å². The quantitative estimate of drug-likeness (QED) is 0.188. The van der Waals surface area contributed by atoms with Crippen LogP contribution in [-0.2, 0) is 5.41 Å². The summed E-state index contributed by atoms with van der Waals surface area (Å²) in [6.07, 6.45) is 0. The highest BCUT2D eigenvalue weighted by Gasteiger charge is 2.51. The van der Waals surface area contributed by atoms with Crippen LogP contribution in [-0.4, -0.2) is 9.97 Å². The van der Waals surface area contributed by atoms with Crippen molar-refractivity contribution in [1.82, 2.24) is 9.97 Å². The molecule has 0 fully saturated rings. The molecule has 0 atom stereocenters. The molecule has 1 spiro atoms. The zero-order valence-electron chi connectivity index (χ0n) is 28.0. The predicted molar refractivity (Wildman–Crippen MR) is 206 cm³/mol. The molecule has 0 bridgehead atoms. The molecular formula is C48H29N3O. The minimum absolute atomic E-state index is 0.569. The smallest absolute Gasteiger partial charge is 0.160 e. The first-order chi connectivity index (χ1) is 25.7. The second-order valence-electron chi connectivity index (χ2n) is 13.2. The Balaban J connectivity index is 1.19. The van der Waals surface area contributed by atoms with Crippen molar-refractivity contribution in [3.8, 4) is 73.7 Å². The van der Waals surface area contributed by atoms with Gasteiger partial charge in [-0.15, -0.1) is 0 Å². The highest BCUT2D eigenvalue weighted by Crippen LogP contribution is 2.62. The molecule has 1 aromatic heterocycles. The van der Waals surface area contributed by atoms with E-state index in [1.807, 2.05) is 54.6 Å². The van der Waals surface area contributed by atoms with Crippen molar-refractivity contribution in [3.05, 3.63) is 204 Å².